The molecule has 1 spiro atoms. The minimum atomic E-state index is -0.676. The van der Waals surface area contributed by atoms with Gasteiger partial charge < -0.3 is 4.90 Å². The summed E-state index contributed by atoms with van der Waals surface area (Å²) in [4.78, 5) is 22.1. The molecule has 0 unspecified atom stereocenters. The maximum absolute atomic E-state index is 14.0. The second-order valence-corrected chi connectivity index (χ2v) is 9.72. The highest BCUT2D eigenvalue weighted by atomic mass is 19.1. The molecule has 170 valence electrons. The van der Waals surface area contributed by atoms with Gasteiger partial charge in [-0.2, -0.15) is 0 Å². The summed E-state index contributed by atoms with van der Waals surface area (Å²) >= 11 is 0. The Morgan fingerprint density at radius 1 is 1.10 bits per heavy atom. The Bertz CT molecular complexity index is 807. The van der Waals surface area contributed by atoms with Crippen LogP contribution in [-0.2, 0) is 0 Å². The predicted molar refractivity (Wildman–Crippen MR) is 120 cm³/mol. The van der Waals surface area contributed by atoms with Crippen LogP contribution >= 0.6 is 0 Å². The van der Waals surface area contributed by atoms with Crippen molar-refractivity contribution in [3.8, 4) is 0 Å². The van der Waals surface area contributed by atoms with E-state index in [-0.39, 0.29) is 17.8 Å². The van der Waals surface area contributed by atoms with E-state index in [1.54, 1.807) is 4.90 Å². The van der Waals surface area contributed by atoms with Crippen molar-refractivity contribution in [3.63, 3.8) is 0 Å². The van der Waals surface area contributed by atoms with Gasteiger partial charge in [-0.15, -0.1) is 0 Å². The van der Waals surface area contributed by atoms with Crippen molar-refractivity contribution in [2.75, 3.05) is 24.5 Å². The Morgan fingerprint density at radius 3 is 2.35 bits per heavy atom. The average Bonchev–Trinajstić information content (AvgIpc) is 2.98. The number of benzene rings is 1. The van der Waals surface area contributed by atoms with E-state index in [4.69, 9.17) is 4.99 Å². The number of halogens is 2. The van der Waals surface area contributed by atoms with E-state index in [9.17, 15) is 13.6 Å². The molecule has 2 aliphatic heterocycles. The van der Waals surface area contributed by atoms with Crippen LogP contribution in [0.2, 0.25) is 0 Å². The van der Waals surface area contributed by atoms with Crippen molar-refractivity contribution in [3.05, 3.63) is 29.8 Å². The van der Waals surface area contributed by atoms with Gasteiger partial charge in [0, 0.05) is 19.2 Å². The number of amides is 2. The maximum Gasteiger partial charge on any atom is 0.328 e. The molecule has 1 aliphatic carbocycles. The molecule has 4 rings (SSSR count). The fourth-order valence-electron chi connectivity index (χ4n) is 5.20. The van der Waals surface area contributed by atoms with E-state index in [1.807, 2.05) is 0 Å². The Balaban J connectivity index is 1.65. The predicted octanol–water partition coefficient (Wildman–Crippen LogP) is 5.11. The molecule has 2 amide bonds. The van der Waals surface area contributed by atoms with Gasteiger partial charge in [0.2, 0.25) is 0 Å². The monoisotopic (exact) mass is 432 g/mol. The molecule has 1 saturated carbocycles. The second kappa shape index (κ2) is 9.23. The third kappa shape index (κ3) is 4.76. The summed E-state index contributed by atoms with van der Waals surface area (Å²) in [7, 11) is 0. The highest BCUT2D eigenvalue weighted by Crippen LogP contribution is 2.39. The molecular formula is C24H34F2N4O. The average molecular weight is 433 g/mol. The third-order valence-corrected chi connectivity index (χ3v) is 7.00. The number of anilines is 1. The van der Waals surface area contributed by atoms with Gasteiger partial charge in [0.1, 0.15) is 23.0 Å². The summed E-state index contributed by atoms with van der Waals surface area (Å²) in [5, 5.41) is 2.99. The Morgan fingerprint density at radius 2 is 1.74 bits per heavy atom. The number of piperidine rings is 1. The van der Waals surface area contributed by atoms with E-state index in [1.165, 1.54) is 18.6 Å². The summed E-state index contributed by atoms with van der Waals surface area (Å²) in [6.45, 7) is 7.14. The highest BCUT2D eigenvalue weighted by molar-refractivity contribution is 6.19. The quantitative estimate of drug-likeness (QED) is 0.703. The van der Waals surface area contributed by atoms with Gasteiger partial charge in [-0.1, -0.05) is 33.1 Å². The van der Waals surface area contributed by atoms with Gasteiger partial charge >= 0.3 is 6.03 Å². The fraction of sp³-hybridized carbons (Fsp3) is 0.667. The number of urea groups is 1. The number of hydrogen-bond acceptors (Lipinski definition) is 3. The fourth-order valence-corrected chi connectivity index (χ4v) is 5.20. The molecule has 2 heterocycles. The molecule has 3 aliphatic rings. The number of hydrogen-bond donors (Lipinski definition) is 1. The molecular weight excluding hydrogens is 398 g/mol. The molecule has 1 N–H and O–H groups in total. The minimum Gasteiger partial charge on any atom is -0.303 e. The van der Waals surface area contributed by atoms with Crippen LogP contribution in [0.4, 0.5) is 19.3 Å². The number of aliphatic imine (C=N–C) groups is 1. The van der Waals surface area contributed by atoms with Gasteiger partial charge in [-0.25, -0.2) is 13.6 Å². The lowest BCUT2D eigenvalue weighted by atomic mass is 9.84. The topological polar surface area (TPSA) is 47.9 Å². The van der Waals surface area contributed by atoms with Crippen molar-refractivity contribution in [1.82, 2.24) is 10.2 Å². The van der Waals surface area contributed by atoms with E-state index in [0.717, 1.165) is 57.8 Å². The molecule has 2 saturated heterocycles. The van der Waals surface area contributed by atoms with Crippen molar-refractivity contribution < 1.29 is 13.6 Å². The Kier molecular flexibility index (Phi) is 6.60. The lowest BCUT2D eigenvalue weighted by Gasteiger charge is -2.44. The van der Waals surface area contributed by atoms with Crippen LogP contribution < -0.4 is 10.2 Å². The van der Waals surface area contributed by atoms with Gasteiger partial charge in [0.25, 0.3) is 0 Å². The largest absolute Gasteiger partial charge is 0.328 e. The summed E-state index contributed by atoms with van der Waals surface area (Å²) in [6.07, 6.45) is 8.15. The SMILES string of the molecule is CC(C)CCN1CCC2(CC1)C(=NC1CCCCC1)NC(=O)N2c1cc(F)cc(F)c1. The van der Waals surface area contributed by atoms with Crippen LogP contribution in [0.25, 0.3) is 0 Å². The first-order valence-electron chi connectivity index (χ1n) is 11.8. The molecule has 0 radical (unpaired) electrons. The van der Waals surface area contributed by atoms with Crippen LogP contribution in [0, 0.1) is 17.6 Å². The smallest absolute Gasteiger partial charge is 0.303 e. The van der Waals surface area contributed by atoms with Crippen molar-refractivity contribution in [1.29, 1.82) is 0 Å². The van der Waals surface area contributed by atoms with E-state index in [0.29, 0.717) is 24.6 Å². The first-order valence-corrected chi connectivity index (χ1v) is 11.8. The van der Waals surface area contributed by atoms with Crippen molar-refractivity contribution in [2.24, 2.45) is 10.9 Å². The number of carbonyl (C=O) groups excluding carboxylic acids is 1. The standard InChI is InChI=1S/C24H34F2N4O/c1-17(2)8-11-29-12-9-24(10-13-29)22(27-20-6-4-3-5-7-20)28-23(31)30(24)21-15-18(25)14-19(26)16-21/h14-17,20H,3-13H2,1-2H3,(H,27,28,31). The highest BCUT2D eigenvalue weighted by Gasteiger charge is 2.53. The normalized spacial score (nSPS) is 23.8. The number of carbonyl (C=O) groups is 1. The van der Waals surface area contributed by atoms with Crippen molar-refractivity contribution in [2.45, 2.75) is 76.8 Å². The van der Waals surface area contributed by atoms with Gasteiger partial charge in [0.15, 0.2) is 0 Å². The molecule has 0 atom stereocenters. The Labute approximate surface area is 183 Å². The number of nitrogens with one attached hydrogen (secondary N) is 1. The van der Waals surface area contributed by atoms with Crippen LogP contribution in [0.3, 0.4) is 0 Å². The zero-order chi connectivity index (χ0) is 22.0. The molecule has 0 bridgehead atoms. The van der Waals surface area contributed by atoms with Crippen molar-refractivity contribution >= 4 is 17.6 Å². The van der Waals surface area contributed by atoms with E-state index >= 15 is 0 Å². The van der Waals surface area contributed by atoms with Crippen LogP contribution in [0.1, 0.15) is 65.2 Å². The summed E-state index contributed by atoms with van der Waals surface area (Å²) < 4.78 is 28.1. The second-order valence-electron chi connectivity index (χ2n) is 9.72. The zero-order valence-electron chi connectivity index (χ0n) is 18.7. The molecule has 3 fully saturated rings. The van der Waals surface area contributed by atoms with Gasteiger partial charge in [-0.3, -0.25) is 15.2 Å². The maximum atomic E-state index is 14.0. The first-order chi connectivity index (χ1) is 14.9. The summed E-state index contributed by atoms with van der Waals surface area (Å²) in [5.74, 6) is -0.0200. The molecule has 7 heteroatoms. The summed E-state index contributed by atoms with van der Waals surface area (Å²) in [5.41, 5.74) is -0.400. The zero-order valence-corrected chi connectivity index (χ0v) is 18.7. The lowest BCUT2D eigenvalue weighted by molar-refractivity contribution is 0.183. The van der Waals surface area contributed by atoms with Crippen LogP contribution in [0.5, 0.6) is 0 Å². The van der Waals surface area contributed by atoms with E-state index < -0.39 is 17.2 Å². The third-order valence-electron chi connectivity index (χ3n) is 7.00. The number of amidine groups is 1. The molecule has 1 aromatic carbocycles. The van der Waals surface area contributed by atoms with Crippen LogP contribution in [-0.4, -0.2) is 48.0 Å². The Hall–Kier alpha value is -2.02. The number of rotatable bonds is 5. The van der Waals surface area contributed by atoms with Crippen LogP contribution in [0.15, 0.2) is 23.2 Å². The van der Waals surface area contributed by atoms with E-state index in [2.05, 4.69) is 24.1 Å². The number of nitrogens with zero attached hydrogens (tertiary/aromatic N) is 3. The number of likely N-dealkylation sites (tertiary alicyclic amines) is 1. The minimum absolute atomic E-state index is 0.212. The molecule has 5 nitrogen and oxygen atoms in total. The molecule has 0 aromatic heterocycles. The molecule has 1 aromatic rings. The van der Waals surface area contributed by atoms with Gasteiger partial charge in [0.05, 0.1) is 11.7 Å². The first kappa shape index (κ1) is 22.2. The summed E-state index contributed by atoms with van der Waals surface area (Å²) in [6, 6.07) is 3.22. The van der Waals surface area contributed by atoms with Gasteiger partial charge in [-0.05, 0) is 56.7 Å². The molecule has 31 heavy (non-hydrogen) atoms. The lowest BCUT2D eigenvalue weighted by Crippen LogP contribution is -2.57.